The van der Waals surface area contributed by atoms with Crippen molar-refractivity contribution in [1.29, 1.82) is 0 Å². The minimum absolute atomic E-state index is 0.116. The molecule has 0 heterocycles. The summed E-state index contributed by atoms with van der Waals surface area (Å²) in [5, 5.41) is 0. The zero-order valence-corrected chi connectivity index (χ0v) is 21.2. The van der Waals surface area contributed by atoms with E-state index in [1.807, 2.05) is 0 Å². The van der Waals surface area contributed by atoms with Crippen LogP contribution in [0.4, 0.5) is 0 Å². The predicted molar refractivity (Wildman–Crippen MR) is 130 cm³/mol. The quantitative estimate of drug-likeness (QED) is 0.109. The van der Waals surface area contributed by atoms with E-state index in [4.69, 9.17) is 23.7 Å². The predicted octanol–water partition coefficient (Wildman–Crippen LogP) is 6.10. The molecule has 0 atom stereocenters. The largest absolute Gasteiger partial charge is 0.466 e. The van der Waals surface area contributed by atoms with Crippen molar-refractivity contribution in [2.24, 2.45) is 0 Å². The van der Waals surface area contributed by atoms with Crippen LogP contribution in [0.5, 0.6) is 0 Å². The van der Waals surface area contributed by atoms with E-state index in [0.717, 1.165) is 25.9 Å². The van der Waals surface area contributed by atoms with Crippen LogP contribution >= 0.6 is 0 Å². The van der Waals surface area contributed by atoms with Crippen LogP contribution in [0, 0.1) is 0 Å². The minimum Gasteiger partial charge on any atom is -0.466 e. The highest BCUT2D eigenvalue weighted by Gasteiger charge is 2.02. The number of unbranched alkanes of at least 4 members (excludes halogenated alkanes) is 10. The molecule has 0 radical (unpaired) electrons. The normalized spacial score (nSPS) is 11.2. The lowest BCUT2D eigenvalue weighted by Crippen LogP contribution is -2.12. The SMILES string of the molecule is CCCCCCCCCCOC(=O)CCCOCCOCCOCCOCCCCCC. The first-order chi connectivity index (χ1) is 15.8. The van der Waals surface area contributed by atoms with E-state index in [9.17, 15) is 4.79 Å². The Kier molecular flexibility index (Phi) is 27.7. The summed E-state index contributed by atoms with van der Waals surface area (Å²) in [6, 6.07) is 0. The minimum atomic E-state index is -0.116. The van der Waals surface area contributed by atoms with Crippen LogP contribution in [-0.2, 0) is 28.5 Å². The highest BCUT2D eigenvalue weighted by atomic mass is 16.6. The number of ether oxygens (including phenoxy) is 5. The summed E-state index contributed by atoms with van der Waals surface area (Å²) in [4.78, 5) is 11.7. The van der Waals surface area contributed by atoms with Gasteiger partial charge in [0, 0.05) is 19.6 Å². The van der Waals surface area contributed by atoms with Crippen molar-refractivity contribution in [3.8, 4) is 0 Å². The first-order valence-corrected chi connectivity index (χ1v) is 13.3. The first-order valence-electron chi connectivity index (χ1n) is 13.3. The molecule has 192 valence electrons. The summed E-state index contributed by atoms with van der Waals surface area (Å²) in [7, 11) is 0. The molecule has 0 spiro atoms. The molecule has 0 aliphatic carbocycles. The molecule has 0 aromatic heterocycles. The van der Waals surface area contributed by atoms with Crippen molar-refractivity contribution in [3.05, 3.63) is 0 Å². The lowest BCUT2D eigenvalue weighted by atomic mass is 10.1. The van der Waals surface area contributed by atoms with Crippen LogP contribution in [0.2, 0.25) is 0 Å². The highest BCUT2D eigenvalue weighted by molar-refractivity contribution is 5.69. The summed E-state index contributed by atoms with van der Waals surface area (Å²) >= 11 is 0. The molecule has 0 rings (SSSR count). The lowest BCUT2D eigenvalue weighted by Gasteiger charge is -2.08. The van der Waals surface area contributed by atoms with Gasteiger partial charge in [-0.3, -0.25) is 4.79 Å². The van der Waals surface area contributed by atoms with E-state index in [1.165, 1.54) is 57.8 Å². The van der Waals surface area contributed by atoms with Gasteiger partial charge in [0.15, 0.2) is 0 Å². The number of carbonyl (C=O) groups excluding carboxylic acids is 1. The standard InChI is InChI=1S/C26H52O6/c1-3-5-7-9-10-11-12-14-19-32-26(27)16-15-18-29-21-23-31-25-24-30-22-20-28-17-13-8-6-4-2/h3-25H2,1-2H3. The third-order valence-electron chi connectivity index (χ3n) is 5.19. The van der Waals surface area contributed by atoms with E-state index in [0.29, 0.717) is 65.7 Å². The molecule has 0 fully saturated rings. The summed E-state index contributed by atoms with van der Waals surface area (Å²) < 4.78 is 27.2. The molecule has 0 saturated heterocycles. The van der Waals surface area contributed by atoms with E-state index < -0.39 is 0 Å². The second kappa shape index (κ2) is 28.3. The molecule has 0 aromatic carbocycles. The van der Waals surface area contributed by atoms with Gasteiger partial charge in [0.2, 0.25) is 0 Å². The third-order valence-corrected chi connectivity index (χ3v) is 5.19. The van der Waals surface area contributed by atoms with Crippen LogP contribution in [0.3, 0.4) is 0 Å². The van der Waals surface area contributed by atoms with Gasteiger partial charge in [0.05, 0.1) is 46.2 Å². The smallest absolute Gasteiger partial charge is 0.305 e. The van der Waals surface area contributed by atoms with Crippen molar-refractivity contribution in [2.75, 3.05) is 59.5 Å². The van der Waals surface area contributed by atoms with Gasteiger partial charge in [-0.25, -0.2) is 0 Å². The maximum atomic E-state index is 11.7. The van der Waals surface area contributed by atoms with Crippen LogP contribution < -0.4 is 0 Å². The Morgan fingerprint density at radius 1 is 0.438 bits per heavy atom. The van der Waals surface area contributed by atoms with Crippen LogP contribution in [-0.4, -0.2) is 65.4 Å². The summed E-state index contributed by atoms with van der Waals surface area (Å²) in [6.07, 6.45) is 16.0. The summed E-state index contributed by atoms with van der Waals surface area (Å²) in [5.41, 5.74) is 0. The van der Waals surface area contributed by atoms with Gasteiger partial charge in [0.1, 0.15) is 0 Å². The molecule has 0 aliphatic heterocycles. The molecular formula is C26H52O6. The highest BCUT2D eigenvalue weighted by Crippen LogP contribution is 2.08. The van der Waals surface area contributed by atoms with E-state index in [1.54, 1.807) is 0 Å². The van der Waals surface area contributed by atoms with Crippen molar-refractivity contribution in [3.63, 3.8) is 0 Å². The molecule has 0 bridgehead atoms. The maximum Gasteiger partial charge on any atom is 0.305 e. The number of carbonyl (C=O) groups is 1. The van der Waals surface area contributed by atoms with Gasteiger partial charge >= 0.3 is 5.97 Å². The molecule has 0 saturated carbocycles. The number of hydrogen-bond donors (Lipinski definition) is 0. The van der Waals surface area contributed by atoms with Crippen molar-refractivity contribution in [1.82, 2.24) is 0 Å². The van der Waals surface area contributed by atoms with E-state index >= 15 is 0 Å². The lowest BCUT2D eigenvalue weighted by molar-refractivity contribution is -0.144. The van der Waals surface area contributed by atoms with Gasteiger partial charge in [0.25, 0.3) is 0 Å². The molecule has 0 unspecified atom stereocenters. The molecule has 0 aliphatic rings. The second-order valence-corrected chi connectivity index (χ2v) is 8.31. The van der Waals surface area contributed by atoms with E-state index in [-0.39, 0.29) is 5.97 Å². The van der Waals surface area contributed by atoms with Gasteiger partial charge in [-0.2, -0.15) is 0 Å². The summed E-state index contributed by atoms with van der Waals surface area (Å²) in [6.45, 7) is 9.86. The molecule has 6 heteroatoms. The Bertz CT molecular complexity index is 364. The topological polar surface area (TPSA) is 63.2 Å². The third kappa shape index (κ3) is 27.3. The van der Waals surface area contributed by atoms with Crippen LogP contribution in [0.15, 0.2) is 0 Å². The fourth-order valence-corrected chi connectivity index (χ4v) is 3.21. The van der Waals surface area contributed by atoms with Gasteiger partial charge in [-0.15, -0.1) is 0 Å². The van der Waals surface area contributed by atoms with Crippen molar-refractivity contribution < 1.29 is 28.5 Å². The molecule has 0 amide bonds. The Morgan fingerprint density at radius 3 is 1.34 bits per heavy atom. The number of esters is 1. The zero-order valence-electron chi connectivity index (χ0n) is 21.2. The fourth-order valence-electron chi connectivity index (χ4n) is 3.21. The van der Waals surface area contributed by atoms with Gasteiger partial charge in [-0.05, 0) is 19.3 Å². The second-order valence-electron chi connectivity index (χ2n) is 8.31. The number of rotatable bonds is 27. The average Bonchev–Trinajstić information content (AvgIpc) is 2.80. The summed E-state index contributed by atoms with van der Waals surface area (Å²) in [5.74, 6) is -0.116. The van der Waals surface area contributed by atoms with Crippen LogP contribution in [0.25, 0.3) is 0 Å². The Hall–Kier alpha value is -0.690. The number of hydrogen-bond acceptors (Lipinski definition) is 6. The van der Waals surface area contributed by atoms with E-state index in [2.05, 4.69) is 13.8 Å². The van der Waals surface area contributed by atoms with Gasteiger partial charge in [-0.1, -0.05) is 78.1 Å². The molecule has 0 N–H and O–H groups in total. The van der Waals surface area contributed by atoms with Gasteiger partial charge < -0.3 is 23.7 Å². The first kappa shape index (κ1) is 31.3. The van der Waals surface area contributed by atoms with Crippen molar-refractivity contribution >= 4 is 5.97 Å². The zero-order chi connectivity index (χ0) is 23.4. The maximum absolute atomic E-state index is 11.7. The molecule has 6 nitrogen and oxygen atoms in total. The molecule has 0 aromatic rings. The average molecular weight is 461 g/mol. The Labute approximate surface area is 198 Å². The molecular weight excluding hydrogens is 408 g/mol. The fraction of sp³-hybridized carbons (Fsp3) is 0.962. The Morgan fingerprint density at radius 2 is 0.812 bits per heavy atom. The van der Waals surface area contributed by atoms with Crippen molar-refractivity contribution in [2.45, 2.75) is 104 Å². The molecule has 32 heavy (non-hydrogen) atoms. The monoisotopic (exact) mass is 460 g/mol. The van der Waals surface area contributed by atoms with Crippen LogP contribution in [0.1, 0.15) is 104 Å². The Balaban J connectivity index is 3.12.